The smallest absolute Gasteiger partial charge is 0.317 e. The van der Waals surface area contributed by atoms with Crippen LogP contribution in [0.4, 0.5) is 4.79 Å². The molecular formula is C20H34N2O6. The van der Waals surface area contributed by atoms with Crippen LogP contribution in [0.2, 0.25) is 0 Å². The molecule has 0 unspecified atom stereocenters. The lowest BCUT2D eigenvalue weighted by atomic mass is 9.73. The summed E-state index contributed by atoms with van der Waals surface area (Å²) in [5, 5.41) is 2.75. The predicted octanol–water partition coefficient (Wildman–Crippen LogP) is 2.25. The Morgan fingerprint density at radius 2 is 1.82 bits per heavy atom. The normalized spacial score (nSPS) is 21.6. The number of amides is 2. The lowest BCUT2D eigenvalue weighted by Gasteiger charge is -2.42. The van der Waals surface area contributed by atoms with Gasteiger partial charge in [0.2, 0.25) is 0 Å². The van der Waals surface area contributed by atoms with Crippen LogP contribution in [0.3, 0.4) is 0 Å². The van der Waals surface area contributed by atoms with Crippen LogP contribution in [0, 0.1) is 5.41 Å². The highest BCUT2D eigenvalue weighted by Crippen LogP contribution is 2.39. The van der Waals surface area contributed by atoms with Gasteiger partial charge in [-0.15, -0.1) is 0 Å². The van der Waals surface area contributed by atoms with E-state index in [4.69, 9.17) is 14.2 Å². The quantitative estimate of drug-likeness (QED) is 0.630. The molecule has 2 fully saturated rings. The van der Waals surface area contributed by atoms with Gasteiger partial charge in [-0.1, -0.05) is 0 Å². The van der Waals surface area contributed by atoms with E-state index >= 15 is 0 Å². The van der Waals surface area contributed by atoms with Crippen LogP contribution in [-0.4, -0.2) is 68.4 Å². The van der Waals surface area contributed by atoms with Crippen LogP contribution < -0.4 is 5.32 Å². The maximum atomic E-state index is 12.7. The van der Waals surface area contributed by atoms with Crippen LogP contribution >= 0.6 is 0 Å². The highest BCUT2D eigenvalue weighted by Gasteiger charge is 2.45. The van der Waals surface area contributed by atoms with Gasteiger partial charge in [0.1, 0.15) is 0 Å². The Hall–Kier alpha value is -1.83. The maximum Gasteiger partial charge on any atom is 0.317 e. The Kier molecular flexibility index (Phi) is 9.02. The molecule has 0 aromatic rings. The fourth-order valence-corrected chi connectivity index (χ4v) is 3.93. The van der Waals surface area contributed by atoms with Gasteiger partial charge in [0.05, 0.1) is 31.2 Å². The summed E-state index contributed by atoms with van der Waals surface area (Å²) in [4.78, 5) is 38.1. The van der Waals surface area contributed by atoms with Crippen molar-refractivity contribution >= 4 is 18.0 Å². The van der Waals surface area contributed by atoms with Crippen molar-refractivity contribution in [3.63, 3.8) is 0 Å². The molecule has 0 aromatic carbocycles. The number of ether oxygens (including phenoxy) is 3. The molecule has 2 amide bonds. The summed E-state index contributed by atoms with van der Waals surface area (Å²) < 4.78 is 16.1. The van der Waals surface area contributed by atoms with E-state index in [1.165, 1.54) is 0 Å². The average molecular weight is 399 g/mol. The number of carbonyl (C=O) groups is 3. The second-order valence-corrected chi connectivity index (χ2v) is 7.47. The lowest BCUT2D eigenvalue weighted by Crippen LogP contribution is -2.51. The van der Waals surface area contributed by atoms with Gasteiger partial charge in [-0.2, -0.15) is 0 Å². The largest absolute Gasteiger partial charge is 0.466 e. The third-order valence-corrected chi connectivity index (χ3v) is 5.52. The first-order chi connectivity index (χ1) is 13.5. The molecule has 8 heteroatoms. The third kappa shape index (κ3) is 6.36. The first kappa shape index (κ1) is 22.5. The molecule has 160 valence electrons. The molecule has 2 aliphatic rings. The van der Waals surface area contributed by atoms with Gasteiger partial charge in [0.15, 0.2) is 0 Å². The van der Waals surface area contributed by atoms with E-state index in [9.17, 15) is 14.4 Å². The van der Waals surface area contributed by atoms with Gasteiger partial charge < -0.3 is 24.4 Å². The fraction of sp³-hybridized carbons (Fsp3) is 0.850. The molecule has 1 atom stereocenters. The predicted molar refractivity (Wildman–Crippen MR) is 103 cm³/mol. The molecule has 8 nitrogen and oxygen atoms in total. The number of rotatable bonds is 8. The van der Waals surface area contributed by atoms with Crippen molar-refractivity contribution in [1.29, 1.82) is 0 Å². The summed E-state index contributed by atoms with van der Waals surface area (Å²) in [5.41, 5.74) is -0.584. The van der Waals surface area contributed by atoms with Gasteiger partial charge in [-0.05, 0) is 52.4 Å². The third-order valence-electron chi connectivity index (χ3n) is 5.52. The van der Waals surface area contributed by atoms with Gasteiger partial charge in [0, 0.05) is 26.2 Å². The summed E-state index contributed by atoms with van der Waals surface area (Å²) in [7, 11) is 0. The molecule has 2 heterocycles. The molecule has 0 spiro atoms. The summed E-state index contributed by atoms with van der Waals surface area (Å²) in [6.45, 7) is 6.20. The number of hydrogen-bond donors (Lipinski definition) is 1. The van der Waals surface area contributed by atoms with E-state index in [-0.39, 0.29) is 37.0 Å². The Bertz CT molecular complexity index is 525. The van der Waals surface area contributed by atoms with Crippen LogP contribution in [0.15, 0.2) is 0 Å². The zero-order chi connectivity index (χ0) is 20.4. The zero-order valence-electron chi connectivity index (χ0n) is 17.2. The van der Waals surface area contributed by atoms with Gasteiger partial charge in [-0.25, -0.2) is 4.79 Å². The second kappa shape index (κ2) is 11.2. The minimum atomic E-state index is -0.584. The van der Waals surface area contributed by atoms with Gasteiger partial charge in [-0.3, -0.25) is 9.59 Å². The summed E-state index contributed by atoms with van der Waals surface area (Å²) in [6.07, 6.45) is 5.20. The average Bonchev–Trinajstić information content (AvgIpc) is 2.69. The molecule has 0 saturated carbocycles. The van der Waals surface area contributed by atoms with Crippen molar-refractivity contribution in [2.24, 2.45) is 5.41 Å². The van der Waals surface area contributed by atoms with Crippen molar-refractivity contribution in [3.8, 4) is 0 Å². The molecule has 2 aliphatic heterocycles. The van der Waals surface area contributed by atoms with E-state index in [1.807, 2.05) is 6.92 Å². The van der Waals surface area contributed by atoms with Crippen molar-refractivity contribution in [2.45, 2.75) is 64.9 Å². The van der Waals surface area contributed by atoms with Gasteiger partial charge in [0.25, 0.3) is 0 Å². The van der Waals surface area contributed by atoms with E-state index in [1.54, 1.807) is 11.8 Å². The van der Waals surface area contributed by atoms with E-state index < -0.39 is 5.41 Å². The standard InChI is InChI=1S/C20H34N2O6/c1-3-26-17(23)8-11-21-19(25)22-12-9-20(10-13-22,18(24)27-4-2)15-16-7-5-6-14-28-16/h16H,3-15H2,1-2H3,(H,21,25)/t16-/m0/s1. The highest BCUT2D eigenvalue weighted by atomic mass is 16.5. The summed E-state index contributed by atoms with van der Waals surface area (Å²) in [6, 6.07) is -0.212. The molecular weight excluding hydrogens is 364 g/mol. The number of piperidine rings is 1. The highest BCUT2D eigenvalue weighted by molar-refractivity contribution is 5.79. The van der Waals surface area contributed by atoms with E-state index in [2.05, 4.69) is 5.32 Å². The summed E-state index contributed by atoms with van der Waals surface area (Å²) in [5.74, 6) is -0.498. The molecule has 0 aliphatic carbocycles. The Morgan fingerprint density at radius 1 is 1.11 bits per heavy atom. The second-order valence-electron chi connectivity index (χ2n) is 7.47. The number of esters is 2. The first-order valence-corrected chi connectivity index (χ1v) is 10.5. The number of nitrogens with zero attached hydrogens (tertiary/aromatic N) is 1. The monoisotopic (exact) mass is 398 g/mol. The lowest BCUT2D eigenvalue weighted by molar-refractivity contribution is -0.162. The zero-order valence-corrected chi connectivity index (χ0v) is 17.2. The number of hydrogen-bond acceptors (Lipinski definition) is 6. The minimum absolute atomic E-state index is 0.0862. The molecule has 1 N–H and O–H groups in total. The molecule has 0 radical (unpaired) electrons. The molecule has 2 rings (SSSR count). The minimum Gasteiger partial charge on any atom is -0.466 e. The van der Waals surface area contributed by atoms with Crippen LogP contribution in [0.1, 0.15) is 58.8 Å². The van der Waals surface area contributed by atoms with Crippen LogP contribution in [0.5, 0.6) is 0 Å². The molecule has 28 heavy (non-hydrogen) atoms. The fourth-order valence-electron chi connectivity index (χ4n) is 3.93. The van der Waals surface area contributed by atoms with Crippen molar-refractivity contribution < 1.29 is 28.6 Å². The Morgan fingerprint density at radius 3 is 2.43 bits per heavy atom. The Labute approximate surface area is 167 Å². The van der Waals surface area contributed by atoms with Crippen molar-refractivity contribution in [3.05, 3.63) is 0 Å². The number of nitrogens with one attached hydrogen (secondary N) is 1. The molecule has 0 bridgehead atoms. The molecule has 0 aromatic heterocycles. The van der Waals surface area contributed by atoms with E-state index in [0.717, 1.165) is 25.9 Å². The van der Waals surface area contributed by atoms with E-state index in [0.29, 0.717) is 45.6 Å². The van der Waals surface area contributed by atoms with Crippen molar-refractivity contribution in [2.75, 3.05) is 39.5 Å². The van der Waals surface area contributed by atoms with Crippen LogP contribution in [-0.2, 0) is 23.8 Å². The van der Waals surface area contributed by atoms with Crippen molar-refractivity contribution in [1.82, 2.24) is 10.2 Å². The topological polar surface area (TPSA) is 94.2 Å². The maximum absolute atomic E-state index is 12.7. The van der Waals surface area contributed by atoms with Gasteiger partial charge >= 0.3 is 18.0 Å². The SMILES string of the molecule is CCOC(=O)CCNC(=O)N1CCC(C[C@@H]2CCCCO2)(C(=O)OCC)CC1. The first-order valence-electron chi connectivity index (χ1n) is 10.5. The van der Waals surface area contributed by atoms with Crippen LogP contribution in [0.25, 0.3) is 0 Å². The molecule has 2 saturated heterocycles. The number of likely N-dealkylation sites (tertiary alicyclic amines) is 1. The summed E-state index contributed by atoms with van der Waals surface area (Å²) >= 11 is 0. The number of carbonyl (C=O) groups excluding carboxylic acids is 3. The Balaban J connectivity index is 1.87. The number of urea groups is 1.